The SMILES string of the molecule is O=C(OC1c2ccccc2C(=O)N1c1ccc2ccc(Cl)nc2n1)N1CCN(C(=O)c2ccccc2)CC1. The summed E-state index contributed by atoms with van der Waals surface area (Å²) in [5, 5.41) is 1.05. The van der Waals surface area contributed by atoms with E-state index in [9.17, 15) is 14.4 Å². The van der Waals surface area contributed by atoms with Gasteiger partial charge in [-0.25, -0.2) is 14.8 Å². The van der Waals surface area contributed by atoms with Crippen molar-refractivity contribution >= 4 is 46.4 Å². The van der Waals surface area contributed by atoms with Crippen LogP contribution in [0.5, 0.6) is 0 Å². The van der Waals surface area contributed by atoms with Crippen LogP contribution in [0.1, 0.15) is 32.5 Å². The van der Waals surface area contributed by atoms with Gasteiger partial charge < -0.3 is 14.5 Å². The maximum atomic E-state index is 13.4. The van der Waals surface area contributed by atoms with E-state index in [-0.39, 0.29) is 17.0 Å². The molecular formula is C28H22ClN5O4. The number of benzene rings is 2. The van der Waals surface area contributed by atoms with Gasteiger partial charge >= 0.3 is 6.09 Å². The number of nitrogens with zero attached hydrogens (tertiary/aromatic N) is 5. The van der Waals surface area contributed by atoms with Gasteiger partial charge in [0.15, 0.2) is 5.65 Å². The van der Waals surface area contributed by atoms with Crippen LogP contribution in [-0.4, -0.2) is 63.9 Å². The fraction of sp³-hybridized carbons (Fsp3) is 0.179. The summed E-state index contributed by atoms with van der Waals surface area (Å²) < 4.78 is 5.93. The van der Waals surface area contributed by atoms with Crippen molar-refractivity contribution in [1.82, 2.24) is 19.8 Å². The van der Waals surface area contributed by atoms with Crippen LogP contribution in [0.2, 0.25) is 5.15 Å². The predicted molar refractivity (Wildman–Crippen MR) is 141 cm³/mol. The number of hydrogen-bond donors (Lipinski definition) is 0. The Morgan fingerprint density at radius 1 is 0.816 bits per heavy atom. The van der Waals surface area contributed by atoms with E-state index in [4.69, 9.17) is 16.3 Å². The standard InChI is InChI=1S/C28H22ClN5O4/c29-22-12-10-18-11-13-23(31-24(18)30-22)34-26(36)20-8-4-5-9-21(20)27(34)38-28(37)33-16-14-32(15-17-33)25(35)19-6-2-1-3-7-19/h1-13,27H,14-17H2. The zero-order chi connectivity index (χ0) is 26.2. The van der Waals surface area contributed by atoms with Gasteiger partial charge in [0.2, 0.25) is 6.23 Å². The molecule has 2 aromatic heterocycles. The fourth-order valence-electron chi connectivity index (χ4n) is 4.75. The topological polar surface area (TPSA) is 95.9 Å². The summed E-state index contributed by atoms with van der Waals surface area (Å²) in [5.74, 6) is -0.105. The maximum Gasteiger partial charge on any atom is 0.412 e. The molecule has 2 aliphatic rings. The second kappa shape index (κ2) is 9.75. The minimum absolute atomic E-state index is 0.0730. The molecule has 0 spiro atoms. The molecule has 1 unspecified atom stereocenters. The van der Waals surface area contributed by atoms with Crippen molar-refractivity contribution in [2.75, 3.05) is 31.1 Å². The van der Waals surface area contributed by atoms with Gasteiger partial charge in [-0.3, -0.25) is 14.5 Å². The van der Waals surface area contributed by atoms with Crippen molar-refractivity contribution in [3.05, 3.63) is 101 Å². The Bertz CT molecular complexity index is 1560. The van der Waals surface area contributed by atoms with E-state index < -0.39 is 12.3 Å². The number of anilines is 1. The van der Waals surface area contributed by atoms with E-state index in [0.717, 1.165) is 5.39 Å². The Hall–Kier alpha value is -4.50. The molecule has 0 radical (unpaired) electrons. The molecule has 0 aliphatic carbocycles. The first-order chi connectivity index (χ1) is 18.5. The maximum absolute atomic E-state index is 13.4. The van der Waals surface area contributed by atoms with E-state index in [1.807, 2.05) is 18.2 Å². The quantitative estimate of drug-likeness (QED) is 0.363. The highest BCUT2D eigenvalue weighted by Gasteiger charge is 2.42. The van der Waals surface area contributed by atoms with Crippen LogP contribution in [0.3, 0.4) is 0 Å². The third-order valence-electron chi connectivity index (χ3n) is 6.72. The number of carbonyl (C=O) groups is 3. The third-order valence-corrected chi connectivity index (χ3v) is 6.93. The van der Waals surface area contributed by atoms with Gasteiger partial charge in [-0.05, 0) is 42.5 Å². The molecule has 1 saturated heterocycles. The van der Waals surface area contributed by atoms with Crippen molar-refractivity contribution in [3.8, 4) is 0 Å². The number of halogens is 1. The summed E-state index contributed by atoms with van der Waals surface area (Å²) >= 11 is 6.05. The van der Waals surface area contributed by atoms with Crippen molar-refractivity contribution in [2.45, 2.75) is 6.23 Å². The molecule has 0 bridgehead atoms. The van der Waals surface area contributed by atoms with Gasteiger partial charge in [-0.1, -0.05) is 48.0 Å². The Morgan fingerprint density at radius 3 is 2.29 bits per heavy atom. The first-order valence-electron chi connectivity index (χ1n) is 12.2. The number of hydrogen-bond acceptors (Lipinski definition) is 6. The van der Waals surface area contributed by atoms with E-state index in [1.54, 1.807) is 70.5 Å². The Labute approximate surface area is 223 Å². The number of rotatable bonds is 3. The van der Waals surface area contributed by atoms with E-state index >= 15 is 0 Å². The molecule has 1 fully saturated rings. The lowest BCUT2D eigenvalue weighted by Crippen LogP contribution is -2.51. The molecule has 3 amide bonds. The monoisotopic (exact) mass is 527 g/mol. The molecule has 2 aliphatic heterocycles. The molecule has 0 saturated carbocycles. The van der Waals surface area contributed by atoms with Crippen LogP contribution in [0, 0.1) is 0 Å². The zero-order valence-corrected chi connectivity index (χ0v) is 20.9. The number of aromatic nitrogens is 2. The Balaban J connectivity index is 1.22. The third kappa shape index (κ3) is 4.31. The fourth-order valence-corrected chi connectivity index (χ4v) is 4.89. The molecule has 4 heterocycles. The van der Waals surface area contributed by atoms with Crippen molar-refractivity contribution in [2.24, 2.45) is 0 Å². The lowest BCUT2D eigenvalue weighted by molar-refractivity contribution is 0.0406. The number of ether oxygens (including phenoxy) is 1. The molecule has 4 aromatic rings. The number of piperazine rings is 1. The molecule has 38 heavy (non-hydrogen) atoms. The summed E-state index contributed by atoms with van der Waals surface area (Å²) in [5.41, 5.74) is 2.00. The minimum Gasteiger partial charge on any atom is -0.420 e. The highest BCUT2D eigenvalue weighted by atomic mass is 35.5. The molecule has 190 valence electrons. The number of pyridine rings is 2. The Morgan fingerprint density at radius 2 is 1.50 bits per heavy atom. The highest BCUT2D eigenvalue weighted by Crippen LogP contribution is 2.38. The van der Waals surface area contributed by atoms with Crippen LogP contribution in [0.15, 0.2) is 78.9 Å². The highest BCUT2D eigenvalue weighted by molar-refractivity contribution is 6.29. The second-order valence-corrected chi connectivity index (χ2v) is 9.38. The molecule has 10 heteroatoms. The smallest absolute Gasteiger partial charge is 0.412 e. The summed E-state index contributed by atoms with van der Waals surface area (Å²) in [6, 6.07) is 23.0. The largest absolute Gasteiger partial charge is 0.420 e. The van der Waals surface area contributed by atoms with Crippen molar-refractivity contribution in [3.63, 3.8) is 0 Å². The summed E-state index contributed by atoms with van der Waals surface area (Å²) in [6.07, 6.45) is -1.57. The first kappa shape index (κ1) is 23.9. The van der Waals surface area contributed by atoms with Crippen LogP contribution in [0.4, 0.5) is 10.6 Å². The lowest BCUT2D eigenvalue weighted by Gasteiger charge is -2.35. The van der Waals surface area contributed by atoms with Gasteiger partial charge in [-0.15, -0.1) is 0 Å². The lowest BCUT2D eigenvalue weighted by atomic mass is 10.1. The average molecular weight is 528 g/mol. The van der Waals surface area contributed by atoms with Gasteiger partial charge in [0.1, 0.15) is 11.0 Å². The van der Waals surface area contributed by atoms with E-state index in [2.05, 4.69) is 9.97 Å². The summed E-state index contributed by atoms with van der Waals surface area (Å²) in [7, 11) is 0. The molecule has 1 atom stereocenters. The van der Waals surface area contributed by atoms with Crippen LogP contribution >= 0.6 is 11.6 Å². The zero-order valence-electron chi connectivity index (χ0n) is 20.2. The second-order valence-electron chi connectivity index (χ2n) is 8.99. The van der Waals surface area contributed by atoms with Crippen LogP contribution in [0.25, 0.3) is 11.0 Å². The first-order valence-corrected chi connectivity index (χ1v) is 12.5. The van der Waals surface area contributed by atoms with Crippen LogP contribution < -0.4 is 4.90 Å². The molecule has 0 N–H and O–H groups in total. The average Bonchev–Trinajstić information content (AvgIpc) is 3.23. The molecule has 2 aromatic carbocycles. The summed E-state index contributed by atoms with van der Waals surface area (Å²) in [4.78, 5) is 52.9. The normalized spacial score (nSPS) is 17.0. The predicted octanol–water partition coefficient (Wildman–Crippen LogP) is 4.54. The number of fused-ring (bicyclic) bond motifs is 2. The Kier molecular flexibility index (Phi) is 6.13. The van der Waals surface area contributed by atoms with E-state index in [0.29, 0.717) is 54.3 Å². The van der Waals surface area contributed by atoms with Gasteiger partial charge in [0.05, 0.1) is 0 Å². The van der Waals surface area contributed by atoms with E-state index in [1.165, 1.54) is 4.90 Å². The van der Waals surface area contributed by atoms with Crippen molar-refractivity contribution < 1.29 is 19.1 Å². The number of carbonyl (C=O) groups excluding carboxylic acids is 3. The molecular weight excluding hydrogens is 506 g/mol. The van der Waals surface area contributed by atoms with Gasteiger partial charge in [0, 0.05) is 48.3 Å². The number of amides is 3. The van der Waals surface area contributed by atoms with Crippen molar-refractivity contribution in [1.29, 1.82) is 0 Å². The molecule has 9 nitrogen and oxygen atoms in total. The van der Waals surface area contributed by atoms with Gasteiger partial charge in [0.25, 0.3) is 11.8 Å². The molecule has 6 rings (SSSR count). The minimum atomic E-state index is -1.00. The summed E-state index contributed by atoms with van der Waals surface area (Å²) in [6.45, 7) is 1.39. The van der Waals surface area contributed by atoms with Gasteiger partial charge in [-0.2, -0.15) is 0 Å². The van der Waals surface area contributed by atoms with Crippen LogP contribution in [-0.2, 0) is 4.74 Å².